The van der Waals surface area contributed by atoms with Gasteiger partial charge in [0.25, 0.3) is 5.91 Å². The minimum atomic E-state index is -0.495. The van der Waals surface area contributed by atoms with Crippen LogP contribution in [-0.2, 0) is 0 Å². The van der Waals surface area contributed by atoms with Gasteiger partial charge in [0.05, 0.1) is 5.69 Å². The number of likely N-dealkylation sites (tertiary alicyclic amines) is 1. The van der Waals surface area contributed by atoms with Gasteiger partial charge in [-0.1, -0.05) is 35.9 Å². The van der Waals surface area contributed by atoms with Crippen molar-refractivity contribution in [3.8, 4) is 0 Å². The van der Waals surface area contributed by atoms with Gasteiger partial charge in [0.2, 0.25) is 0 Å². The molecule has 2 aliphatic heterocycles. The molecule has 2 fully saturated rings. The molecule has 3 amide bonds. The predicted octanol–water partition coefficient (Wildman–Crippen LogP) is 2.97. The summed E-state index contributed by atoms with van der Waals surface area (Å²) in [5.74, 6) is 0.0651. The SMILES string of the molecule is Cc1ccc(C)c(C(=O)N2CCC3(CC2)NC(=O)N(c2ccccc2)N3)c1. The molecular weight excluding hydrogens is 340 g/mol. The van der Waals surface area contributed by atoms with E-state index in [9.17, 15) is 9.59 Å². The Morgan fingerprint density at radius 3 is 2.44 bits per heavy atom. The fraction of sp³-hybridized carbons (Fsp3) is 0.333. The smallest absolute Gasteiger partial charge is 0.338 e. The van der Waals surface area contributed by atoms with Crippen molar-refractivity contribution in [1.29, 1.82) is 0 Å². The van der Waals surface area contributed by atoms with Crippen molar-refractivity contribution in [2.75, 3.05) is 18.1 Å². The standard InChI is InChI=1S/C21H24N4O2/c1-15-8-9-16(2)18(14-15)19(26)24-12-10-21(11-13-24)22-20(27)25(23-21)17-6-4-3-5-7-17/h3-9,14,23H,10-13H2,1-2H3,(H,22,27). The first kappa shape index (κ1) is 17.5. The molecule has 6 heteroatoms. The third kappa shape index (κ3) is 3.28. The average Bonchev–Trinajstić information content (AvgIpc) is 3.00. The van der Waals surface area contributed by atoms with Crippen LogP contribution in [0.2, 0.25) is 0 Å². The highest BCUT2D eigenvalue weighted by Gasteiger charge is 2.45. The molecule has 1 spiro atoms. The second-order valence-corrected chi connectivity index (χ2v) is 7.41. The Labute approximate surface area is 159 Å². The number of hydrogen-bond donors (Lipinski definition) is 2. The fourth-order valence-electron chi connectivity index (χ4n) is 3.78. The van der Waals surface area contributed by atoms with Crippen LogP contribution in [-0.4, -0.2) is 35.6 Å². The summed E-state index contributed by atoms with van der Waals surface area (Å²) in [6.45, 7) is 5.16. The quantitative estimate of drug-likeness (QED) is 0.861. The van der Waals surface area contributed by atoms with Crippen LogP contribution in [0.25, 0.3) is 0 Å². The first-order valence-electron chi connectivity index (χ1n) is 9.29. The molecule has 140 valence electrons. The van der Waals surface area contributed by atoms with Crippen LogP contribution in [0.3, 0.4) is 0 Å². The molecule has 4 rings (SSSR count). The lowest BCUT2D eigenvalue weighted by Gasteiger charge is -2.39. The lowest BCUT2D eigenvalue weighted by atomic mass is 9.96. The molecule has 0 aromatic heterocycles. The third-order valence-electron chi connectivity index (χ3n) is 5.42. The van der Waals surface area contributed by atoms with Gasteiger partial charge in [-0.25, -0.2) is 15.2 Å². The number of hydrazine groups is 1. The summed E-state index contributed by atoms with van der Waals surface area (Å²) < 4.78 is 0. The maximum absolute atomic E-state index is 12.9. The highest BCUT2D eigenvalue weighted by Crippen LogP contribution is 2.28. The van der Waals surface area contributed by atoms with Crippen LogP contribution in [0.5, 0.6) is 0 Å². The highest BCUT2D eigenvalue weighted by atomic mass is 16.2. The zero-order chi connectivity index (χ0) is 19.0. The Bertz CT molecular complexity index is 873. The van der Waals surface area contributed by atoms with Crippen LogP contribution in [0, 0.1) is 13.8 Å². The number of amides is 3. The molecule has 6 nitrogen and oxygen atoms in total. The van der Waals surface area contributed by atoms with E-state index >= 15 is 0 Å². The van der Waals surface area contributed by atoms with E-state index in [0.29, 0.717) is 25.9 Å². The first-order valence-corrected chi connectivity index (χ1v) is 9.29. The van der Waals surface area contributed by atoms with Gasteiger partial charge in [0.15, 0.2) is 0 Å². The lowest BCUT2D eigenvalue weighted by molar-refractivity contribution is 0.0640. The van der Waals surface area contributed by atoms with Gasteiger partial charge in [-0.3, -0.25) is 4.79 Å². The normalized spacial score (nSPS) is 18.7. The summed E-state index contributed by atoms with van der Waals surface area (Å²) >= 11 is 0. The molecule has 0 radical (unpaired) electrons. The molecule has 0 bridgehead atoms. The predicted molar refractivity (Wildman–Crippen MR) is 104 cm³/mol. The Morgan fingerprint density at radius 1 is 1.04 bits per heavy atom. The highest BCUT2D eigenvalue weighted by molar-refractivity contribution is 5.96. The van der Waals surface area contributed by atoms with E-state index in [2.05, 4.69) is 10.7 Å². The van der Waals surface area contributed by atoms with E-state index in [-0.39, 0.29) is 11.9 Å². The summed E-state index contributed by atoms with van der Waals surface area (Å²) in [7, 11) is 0. The number of nitrogens with zero attached hydrogens (tertiary/aromatic N) is 2. The molecule has 2 N–H and O–H groups in total. The van der Waals surface area contributed by atoms with Crippen LogP contribution in [0.1, 0.15) is 34.3 Å². The minimum absolute atomic E-state index is 0.0651. The van der Waals surface area contributed by atoms with E-state index in [1.807, 2.05) is 67.3 Å². The number of piperidine rings is 1. The minimum Gasteiger partial charge on any atom is -0.338 e. The topological polar surface area (TPSA) is 64.7 Å². The number of urea groups is 1. The Kier molecular flexibility index (Phi) is 4.36. The molecule has 0 unspecified atom stereocenters. The molecule has 2 aromatic rings. The molecule has 27 heavy (non-hydrogen) atoms. The molecule has 2 aliphatic rings. The Balaban J connectivity index is 1.45. The molecule has 0 atom stereocenters. The maximum Gasteiger partial charge on any atom is 0.338 e. The maximum atomic E-state index is 12.9. The molecule has 2 aromatic carbocycles. The monoisotopic (exact) mass is 364 g/mol. The van der Waals surface area contributed by atoms with E-state index < -0.39 is 5.66 Å². The van der Waals surface area contributed by atoms with Crippen molar-refractivity contribution in [2.24, 2.45) is 0 Å². The zero-order valence-corrected chi connectivity index (χ0v) is 15.7. The molecular formula is C21H24N4O2. The number of carbonyl (C=O) groups excluding carboxylic acids is 2. The van der Waals surface area contributed by atoms with Crippen molar-refractivity contribution in [3.63, 3.8) is 0 Å². The number of carbonyl (C=O) groups is 2. The van der Waals surface area contributed by atoms with Crippen LogP contribution in [0.15, 0.2) is 48.5 Å². The molecule has 0 aliphatic carbocycles. The average molecular weight is 364 g/mol. The van der Waals surface area contributed by atoms with Crippen molar-refractivity contribution >= 4 is 17.6 Å². The summed E-state index contributed by atoms with van der Waals surface area (Å²) in [6, 6.07) is 15.3. The number of anilines is 1. The number of benzene rings is 2. The van der Waals surface area contributed by atoms with Gasteiger partial charge < -0.3 is 10.2 Å². The van der Waals surface area contributed by atoms with E-state index in [1.54, 1.807) is 5.01 Å². The largest absolute Gasteiger partial charge is 0.338 e. The number of aryl methyl sites for hydroxylation is 2. The number of rotatable bonds is 2. The van der Waals surface area contributed by atoms with Crippen LogP contribution in [0.4, 0.5) is 10.5 Å². The van der Waals surface area contributed by atoms with Crippen molar-refractivity contribution in [3.05, 3.63) is 65.2 Å². The van der Waals surface area contributed by atoms with Crippen LogP contribution < -0.4 is 15.8 Å². The van der Waals surface area contributed by atoms with Crippen molar-refractivity contribution in [1.82, 2.24) is 15.6 Å². The second kappa shape index (κ2) is 6.70. The molecule has 0 saturated carbocycles. The fourth-order valence-corrected chi connectivity index (χ4v) is 3.78. The van der Waals surface area contributed by atoms with Gasteiger partial charge in [-0.05, 0) is 37.6 Å². The van der Waals surface area contributed by atoms with Gasteiger partial charge in [-0.2, -0.15) is 0 Å². The van der Waals surface area contributed by atoms with Gasteiger partial charge >= 0.3 is 6.03 Å². The van der Waals surface area contributed by atoms with Gasteiger partial charge in [-0.15, -0.1) is 0 Å². The summed E-state index contributed by atoms with van der Waals surface area (Å²) in [5, 5.41) is 4.63. The Morgan fingerprint density at radius 2 is 1.74 bits per heavy atom. The Hall–Kier alpha value is -2.86. The van der Waals surface area contributed by atoms with E-state index in [1.165, 1.54) is 0 Å². The molecule has 2 saturated heterocycles. The number of para-hydroxylation sites is 1. The van der Waals surface area contributed by atoms with E-state index in [0.717, 1.165) is 22.4 Å². The molecule has 2 heterocycles. The van der Waals surface area contributed by atoms with Gasteiger partial charge in [0, 0.05) is 31.5 Å². The zero-order valence-electron chi connectivity index (χ0n) is 15.7. The first-order chi connectivity index (χ1) is 13.0. The van der Waals surface area contributed by atoms with Crippen molar-refractivity contribution in [2.45, 2.75) is 32.4 Å². The summed E-state index contributed by atoms with van der Waals surface area (Å²) in [5.41, 5.74) is 6.48. The number of hydrogen-bond acceptors (Lipinski definition) is 3. The number of nitrogens with one attached hydrogen (secondary N) is 2. The second-order valence-electron chi connectivity index (χ2n) is 7.41. The summed E-state index contributed by atoms with van der Waals surface area (Å²) in [6.07, 6.45) is 1.33. The van der Waals surface area contributed by atoms with Crippen LogP contribution >= 0.6 is 0 Å². The van der Waals surface area contributed by atoms with Gasteiger partial charge in [0.1, 0.15) is 5.66 Å². The van der Waals surface area contributed by atoms with E-state index in [4.69, 9.17) is 0 Å². The van der Waals surface area contributed by atoms with Crippen molar-refractivity contribution < 1.29 is 9.59 Å². The third-order valence-corrected chi connectivity index (χ3v) is 5.42. The lowest BCUT2D eigenvalue weighted by Crippen LogP contribution is -2.58. The summed E-state index contributed by atoms with van der Waals surface area (Å²) in [4.78, 5) is 27.3.